The molecule has 1 aliphatic heterocycles. The number of carbonyl (C=O) groups excluding carboxylic acids is 1. The van der Waals surface area contributed by atoms with Crippen LogP contribution in [-0.2, 0) is 9.53 Å². The van der Waals surface area contributed by atoms with E-state index in [0.717, 1.165) is 25.1 Å². The van der Waals surface area contributed by atoms with Crippen LogP contribution >= 0.6 is 23.1 Å². The van der Waals surface area contributed by atoms with Gasteiger partial charge >= 0.3 is 0 Å². The Morgan fingerprint density at radius 2 is 2.19 bits per heavy atom. The molecule has 1 aromatic carbocycles. The van der Waals surface area contributed by atoms with Gasteiger partial charge in [0.05, 0.1) is 23.1 Å². The van der Waals surface area contributed by atoms with E-state index < -0.39 is 0 Å². The average Bonchev–Trinajstić information content (AvgIpc) is 3.37. The number of benzene rings is 1. The highest BCUT2D eigenvalue weighted by atomic mass is 32.2. The number of carbonyl (C=O) groups is 1. The van der Waals surface area contributed by atoms with E-state index in [1.807, 2.05) is 41.8 Å². The molecule has 0 spiro atoms. The molecule has 1 amide bonds. The smallest absolute Gasteiger partial charge is 0.276 e. The number of nitrogens with one attached hydrogen (secondary N) is 1. The van der Waals surface area contributed by atoms with Crippen LogP contribution in [0.4, 0.5) is 0 Å². The van der Waals surface area contributed by atoms with E-state index in [1.54, 1.807) is 4.57 Å². The first-order valence-corrected chi connectivity index (χ1v) is 10.7. The monoisotopic (exact) mass is 401 g/mol. The molecule has 1 unspecified atom stereocenters. The van der Waals surface area contributed by atoms with Gasteiger partial charge in [0, 0.05) is 13.2 Å². The van der Waals surface area contributed by atoms with Crippen LogP contribution in [0.5, 0.6) is 0 Å². The fourth-order valence-corrected chi connectivity index (χ4v) is 4.61. The Labute approximate surface area is 164 Å². The zero-order chi connectivity index (χ0) is 18.6. The molecule has 1 atom stereocenters. The number of aromatic nitrogens is 2. The number of thiophene rings is 1. The van der Waals surface area contributed by atoms with Crippen molar-refractivity contribution in [3.05, 3.63) is 52.1 Å². The lowest BCUT2D eigenvalue weighted by molar-refractivity contribution is -0.119. The molecule has 3 aromatic rings. The van der Waals surface area contributed by atoms with Crippen LogP contribution in [0.25, 0.3) is 15.9 Å². The number of hydrogen-bond donors (Lipinski definition) is 1. The van der Waals surface area contributed by atoms with Gasteiger partial charge in [-0.25, -0.2) is 4.98 Å². The van der Waals surface area contributed by atoms with Crippen molar-refractivity contribution in [3.8, 4) is 5.69 Å². The van der Waals surface area contributed by atoms with E-state index in [2.05, 4.69) is 10.3 Å². The Morgan fingerprint density at radius 3 is 2.96 bits per heavy atom. The van der Waals surface area contributed by atoms with Crippen molar-refractivity contribution in [2.45, 2.75) is 24.1 Å². The first-order chi connectivity index (χ1) is 13.2. The summed E-state index contributed by atoms with van der Waals surface area (Å²) >= 11 is 2.65. The van der Waals surface area contributed by atoms with Crippen LogP contribution < -0.4 is 10.9 Å². The number of nitrogens with zero attached hydrogens (tertiary/aromatic N) is 2. The zero-order valence-corrected chi connectivity index (χ0v) is 16.2. The molecule has 0 radical (unpaired) electrons. The number of fused-ring (bicyclic) bond motifs is 1. The number of hydrogen-bond acceptors (Lipinski definition) is 6. The summed E-state index contributed by atoms with van der Waals surface area (Å²) in [4.78, 5) is 29.8. The SMILES string of the molecule is O=C(CSc1nc2ccsc2c(=O)n1-c1ccccc1)NCC1CCCO1. The minimum absolute atomic E-state index is 0.0882. The Balaban J connectivity index is 1.55. The number of thioether (sulfide) groups is 1. The van der Waals surface area contributed by atoms with Gasteiger partial charge in [-0.2, -0.15) is 0 Å². The minimum Gasteiger partial charge on any atom is -0.376 e. The fourth-order valence-electron chi connectivity index (χ4n) is 3.01. The van der Waals surface area contributed by atoms with Gasteiger partial charge in [-0.1, -0.05) is 30.0 Å². The average molecular weight is 402 g/mol. The van der Waals surface area contributed by atoms with Crippen molar-refractivity contribution in [2.24, 2.45) is 0 Å². The van der Waals surface area contributed by atoms with Crippen LogP contribution in [0.1, 0.15) is 12.8 Å². The molecule has 8 heteroatoms. The van der Waals surface area contributed by atoms with Gasteiger partial charge in [-0.15, -0.1) is 11.3 Å². The highest BCUT2D eigenvalue weighted by Crippen LogP contribution is 2.23. The van der Waals surface area contributed by atoms with Crippen molar-refractivity contribution in [2.75, 3.05) is 18.9 Å². The lowest BCUT2D eigenvalue weighted by atomic mass is 10.2. The third kappa shape index (κ3) is 4.07. The predicted molar refractivity (Wildman–Crippen MR) is 108 cm³/mol. The molecule has 2 aromatic heterocycles. The van der Waals surface area contributed by atoms with Gasteiger partial charge < -0.3 is 10.1 Å². The number of amides is 1. The largest absolute Gasteiger partial charge is 0.376 e. The summed E-state index contributed by atoms with van der Waals surface area (Å²) < 4.78 is 7.72. The maximum absolute atomic E-state index is 13.0. The van der Waals surface area contributed by atoms with Gasteiger partial charge in [-0.3, -0.25) is 14.2 Å². The molecule has 0 saturated carbocycles. The lowest BCUT2D eigenvalue weighted by Gasteiger charge is -2.13. The lowest BCUT2D eigenvalue weighted by Crippen LogP contribution is -2.33. The fraction of sp³-hybridized carbons (Fsp3) is 0.316. The molecule has 1 saturated heterocycles. The molecular weight excluding hydrogens is 382 g/mol. The second kappa shape index (κ2) is 8.24. The molecule has 1 aliphatic rings. The summed E-state index contributed by atoms with van der Waals surface area (Å²) in [6.07, 6.45) is 2.14. The summed E-state index contributed by atoms with van der Waals surface area (Å²) in [5.41, 5.74) is 1.30. The maximum Gasteiger partial charge on any atom is 0.276 e. The van der Waals surface area contributed by atoms with Crippen molar-refractivity contribution in [3.63, 3.8) is 0 Å². The highest BCUT2D eigenvalue weighted by molar-refractivity contribution is 7.99. The van der Waals surface area contributed by atoms with Gasteiger partial charge in [-0.05, 0) is 36.4 Å². The summed E-state index contributed by atoms with van der Waals surface area (Å²) in [6.45, 7) is 1.30. The molecule has 0 bridgehead atoms. The Hall–Kier alpha value is -2.16. The van der Waals surface area contributed by atoms with E-state index in [0.29, 0.717) is 21.9 Å². The molecule has 6 nitrogen and oxygen atoms in total. The number of rotatable bonds is 6. The predicted octanol–water partition coefficient (Wildman–Crippen LogP) is 2.83. The minimum atomic E-state index is -0.108. The normalized spacial score (nSPS) is 16.7. The van der Waals surface area contributed by atoms with Crippen LogP contribution in [0.3, 0.4) is 0 Å². The first kappa shape index (κ1) is 18.2. The summed E-state index contributed by atoms with van der Waals surface area (Å²) in [5, 5.41) is 5.28. The van der Waals surface area contributed by atoms with Crippen molar-refractivity contribution >= 4 is 39.2 Å². The van der Waals surface area contributed by atoms with Crippen molar-refractivity contribution in [1.29, 1.82) is 0 Å². The van der Waals surface area contributed by atoms with Gasteiger partial charge in [0.15, 0.2) is 5.16 Å². The molecule has 1 N–H and O–H groups in total. The second-order valence-corrected chi connectivity index (χ2v) is 8.09. The third-order valence-electron chi connectivity index (χ3n) is 4.35. The molecule has 140 valence electrons. The summed E-state index contributed by atoms with van der Waals surface area (Å²) in [5.74, 6) is 0.108. The summed E-state index contributed by atoms with van der Waals surface area (Å²) in [6, 6.07) is 11.2. The van der Waals surface area contributed by atoms with E-state index in [9.17, 15) is 9.59 Å². The van der Waals surface area contributed by atoms with Crippen molar-refractivity contribution < 1.29 is 9.53 Å². The van der Waals surface area contributed by atoms with E-state index in [4.69, 9.17) is 4.74 Å². The zero-order valence-electron chi connectivity index (χ0n) is 14.6. The second-order valence-electron chi connectivity index (χ2n) is 6.23. The molecular formula is C19H19N3O3S2. The van der Waals surface area contributed by atoms with E-state index in [-0.39, 0.29) is 23.3 Å². The maximum atomic E-state index is 13.0. The number of ether oxygens (including phenoxy) is 1. The van der Waals surface area contributed by atoms with E-state index in [1.165, 1.54) is 23.1 Å². The molecule has 4 rings (SSSR count). The Kier molecular flexibility index (Phi) is 5.56. The van der Waals surface area contributed by atoms with Crippen LogP contribution in [0, 0.1) is 0 Å². The third-order valence-corrected chi connectivity index (χ3v) is 6.18. The Morgan fingerprint density at radius 1 is 1.33 bits per heavy atom. The highest BCUT2D eigenvalue weighted by Gasteiger charge is 2.18. The van der Waals surface area contributed by atoms with Gasteiger partial charge in [0.2, 0.25) is 5.91 Å². The topological polar surface area (TPSA) is 73.2 Å². The van der Waals surface area contributed by atoms with Gasteiger partial charge in [0.25, 0.3) is 5.56 Å². The summed E-state index contributed by atoms with van der Waals surface area (Å²) in [7, 11) is 0. The molecule has 3 heterocycles. The number of para-hydroxylation sites is 1. The first-order valence-electron chi connectivity index (χ1n) is 8.79. The van der Waals surface area contributed by atoms with Crippen molar-refractivity contribution in [1.82, 2.24) is 14.9 Å². The Bertz CT molecular complexity index is 994. The van der Waals surface area contributed by atoms with E-state index >= 15 is 0 Å². The molecule has 1 fully saturated rings. The molecule has 0 aliphatic carbocycles. The standard InChI is InChI=1S/C19H19N3O3S2/c23-16(20-11-14-7-4-9-25-14)12-27-19-21-15-8-10-26-17(15)18(24)22(19)13-5-2-1-3-6-13/h1-3,5-6,8,10,14H,4,7,9,11-12H2,(H,20,23). The van der Waals surface area contributed by atoms with Crippen LogP contribution in [0.2, 0.25) is 0 Å². The van der Waals surface area contributed by atoms with Crippen LogP contribution in [-0.4, -0.2) is 40.5 Å². The van der Waals surface area contributed by atoms with Gasteiger partial charge in [0.1, 0.15) is 4.70 Å². The van der Waals surface area contributed by atoms with Crippen LogP contribution in [0.15, 0.2) is 51.7 Å². The molecule has 27 heavy (non-hydrogen) atoms. The quantitative estimate of drug-likeness (QED) is 0.508.